The second-order valence-corrected chi connectivity index (χ2v) is 19.5. The van der Waals surface area contributed by atoms with E-state index in [1.54, 1.807) is 72.0 Å². The third-order valence-electron chi connectivity index (χ3n) is 13.1. The van der Waals surface area contributed by atoms with Gasteiger partial charge in [-0.1, -0.05) is 31.7 Å². The summed E-state index contributed by atoms with van der Waals surface area (Å²) < 4.78 is 73.5. The molecule has 0 unspecified atom stereocenters. The summed E-state index contributed by atoms with van der Waals surface area (Å²) in [6, 6.07) is 22.1. The van der Waals surface area contributed by atoms with Gasteiger partial charge in [0.15, 0.2) is 11.3 Å². The molecule has 0 aliphatic rings. The molecule has 0 radical (unpaired) electrons. The standard InChI is InChI=1S/2C29H24F2N8O2.CH4.4CH3.4W/c2*1-15(2)41-22-10-7-18(12-33-22)26-24-27(32)34-14-35-28(24)39(37-26)16(3)25-23(17-5-4-6-19(30)11-17)29(40)38-13-20(31)8-9-21(38)36-25;;;;;;;;;/h2*4-16H,1-3H3,(H2,32,34,35);1H4;4*1H3;;;;/q;;;4*-1;;;;/t2*16-;;;;;;;;;/m10........./s1. The van der Waals surface area contributed by atoms with Crippen molar-refractivity contribution in [2.75, 3.05) is 11.5 Å². The van der Waals surface area contributed by atoms with E-state index in [9.17, 15) is 27.2 Å². The quantitative estimate of drug-likeness (QED) is 0.0852. The molecule has 4 N–H and O–H groups in total. The predicted octanol–water partition coefficient (Wildman–Crippen LogP) is 12.1. The fourth-order valence-corrected chi connectivity index (χ4v) is 9.53. The van der Waals surface area contributed by atoms with Crippen LogP contribution in [0.15, 0.2) is 144 Å². The number of pyridine rings is 4. The number of nitrogens with two attached hydrogens (primary N) is 2. The normalized spacial score (nSPS) is 11.1. The van der Waals surface area contributed by atoms with Crippen LogP contribution in [0.4, 0.5) is 29.2 Å². The summed E-state index contributed by atoms with van der Waals surface area (Å²) >= 11 is 0. The van der Waals surface area contributed by atoms with Crippen LogP contribution in [-0.2, 0) is 84.3 Å². The van der Waals surface area contributed by atoms with Gasteiger partial charge in [-0.15, -0.1) is 0 Å². The zero-order valence-corrected chi connectivity index (χ0v) is 61.9. The topological polar surface area (TPSA) is 252 Å². The Morgan fingerprint density at radius 1 is 0.462 bits per heavy atom. The van der Waals surface area contributed by atoms with Crippen molar-refractivity contribution in [3.63, 3.8) is 0 Å². The zero-order valence-electron chi connectivity index (χ0n) is 50.2. The molecule has 0 saturated carbocycles. The second kappa shape index (κ2) is 33.0. The zero-order chi connectivity index (χ0) is 57.7. The van der Waals surface area contributed by atoms with Crippen molar-refractivity contribution in [3.8, 4) is 56.5 Å². The van der Waals surface area contributed by atoms with Crippen LogP contribution in [0.5, 0.6) is 11.8 Å². The minimum Gasteiger partial charge on any atom is -0.475 e. The molecule has 28 heteroatoms. The molecular weight excluding hydrogens is 1860 g/mol. The van der Waals surface area contributed by atoms with Crippen molar-refractivity contribution in [1.29, 1.82) is 0 Å². The van der Waals surface area contributed by atoms with E-state index >= 15 is 0 Å². The number of ether oxygens (including phenoxy) is 2. The summed E-state index contributed by atoms with van der Waals surface area (Å²) in [4.78, 5) is 62.9. The number of aromatic nitrogens is 14. The molecule has 0 spiro atoms. The first-order valence-corrected chi connectivity index (χ1v) is 25.6. The molecule has 0 aliphatic heterocycles. The SMILES string of the molecule is C.CC(C)Oc1ccc(-c2nn([C@@H](C)c3nc4ccc(F)cn4c(=O)c3-c3cccc(F)c3)c3ncnc(N)c23)cn1.CC(C)Oc1ccc(-c2nn([C@H](C)c3nc4ccc(F)cn4c(=O)c3-c3cccc(F)c3)c3ncnc(N)c23)cn1.[CH3-].[CH3-].[CH3-].[CH3-].[W].[W].[W].[W]. The molecule has 0 saturated heterocycles. The monoisotopic (exact) mass is 1920 g/mol. The molecule has 0 bridgehead atoms. The first-order valence-electron chi connectivity index (χ1n) is 25.6. The fourth-order valence-electron chi connectivity index (χ4n) is 9.53. The van der Waals surface area contributed by atoms with Crippen LogP contribution in [0.2, 0.25) is 0 Å². The number of anilines is 2. The van der Waals surface area contributed by atoms with Gasteiger partial charge in [0, 0.05) is 132 Å². The maximum absolute atomic E-state index is 14.3. The van der Waals surface area contributed by atoms with Gasteiger partial charge in [0.25, 0.3) is 11.1 Å². The van der Waals surface area contributed by atoms with E-state index < -0.39 is 46.5 Å². The Labute approximate surface area is 580 Å². The average molecular weight is 1920 g/mol. The van der Waals surface area contributed by atoms with E-state index in [1.807, 2.05) is 27.7 Å². The van der Waals surface area contributed by atoms with Gasteiger partial charge in [0.2, 0.25) is 11.8 Å². The Morgan fingerprint density at radius 3 is 1.16 bits per heavy atom. The van der Waals surface area contributed by atoms with Crippen LogP contribution in [0, 0.1) is 53.0 Å². The van der Waals surface area contributed by atoms with Crippen molar-refractivity contribution in [1.82, 2.24) is 68.2 Å². The summed E-state index contributed by atoms with van der Waals surface area (Å²) in [7, 11) is 0. The van der Waals surface area contributed by atoms with Gasteiger partial charge in [-0.2, -0.15) is 10.2 Å². The molecule has 10 heterocycles. The number of fused-ring (bicyclic) bond motifs is 4. The first-order chi connectivity index (χ1) is 39.4. The molecule has 20 nitrogen and oxygen atoms in total. The van der Waals surface area contributed by atoms with Crippen molar-refractivity contribution in [2.24, 2.45) is 0 Å². The van der Waals surface area contributed by atoms with E-state index in [1.165, 1.54) is 73.3 Å². The van der Waals surface area contributed by atoms with Gasteiger partial charge in [-0.25, -0.2) is 66.8 Å². The van der Waals surface area contributed by atoms with Gasteiger partial charge >= 0.3 is 0 Å². The second-order valence-electron chi connectivity index (χ2n) is 19.5. The molecule has 476 valence electrons. The summed E-state index contributed by atoms with van der Waals surface area (Å²) in [5.41, 5.74) is 16.3. The minimum atomic E-state index is -0.696. The van der Waals surface area contributed by atoms with Gasteiger partial charge < -0.3 is 50.6 Å². The molecule has 12 rings (SSSR count). The van der Waals surface area contributed by atoms with E-state index in [-0.39, 0.29) is 168 Å². The van der Waals surface area contributed by atoms with Crippen molar-refractivity contribution in [3.05, 3.63) is 220 Å². The third-order valence-corrected chi connectivity index (χ3v) is 13.1. The van der Waals surface area contributed by atoms with Gasteiger partial charge in [0.05, 0.1) is 57.6 Å². The summed E-state index contributed by atoms with van der Waals surface area (Å²) in [5, 5.41) is 10.7. The summed E-state index contributed by atoms with van der Waals surface area (Å²) in [5.74, 6) is -0.952. The molecular formula is C63H64F4N16O4W4-4. The van der Waals surface area contributed by atoms with Crippen LogP contribution >= 0.6 is 0 Å². The molecule has 12 aromatic rings. The Kier molecular flexibility index (Phi) is 28.8. The van der Waals surface area contributed by atoms with E-state index in [4.69, 9.17) is 41.1 Å². The predicted molar refractivity (Wildman–Crippen MR) is 331 cm³/mol. The molecule has 2 aromatic carbocycles. The minimum absolute atomic E-state index is 0. The molecule has 0 aliphatic carbocycles. The van der Waals surface area contributed by atoms with Crippen LogP contribution in [0.3, 0.4) is 0 Å². The van der Waals surface area contributed by atoms with Gasteiger partial charge in [0.1, 0.15) is 70.2 Å². The maximum atomic E-state index is 14.3. The van der Waals surface area contributed by atoms with Crippen molar-refractivity contribution in [2.45, 2.75) is 73.3 Å². The Hall–Kier alpha value is -7.77. The van der Waals surface area contributed by atoms with E-state index in [0.717, 1.165) is 21.2 Å². The molecule has 0 fully saturated rings. The summed E-state index contributed by atoms with van der Waals surface area (Å²) in [6.07, 6.45) is 7.91. The Balaban J connectivity index is 0.000000564. The fraction of sp³-hybridized carbons (Fsp3) is 0.175. The number of nitrogens with zero attached hydrogens (tertiary/aromatic N) is 14. The molecule has 10 aromatic heterocycles. The van der Waals surface area contributed by atoms with Crippen LogP contribution in [0.1, 0.15) is 72.4 Å². The van der Waals surface area contributed by atoms with Gasteiger partial charge in [-0.05, 0) is 113 Å². The van der Waals surface area contributed by atoms with E-state index in [2.05, 4.69) is 29.9 Å². The molecule has 91 heavy (non-hydrogen) atoms. The third kappa shape index (κ3) is 15.9. The smallest absolute Gasteiger partial charge is 0.266 e. The number of rotatable bonds is 12. The maximum Gasteiger partial charge on any atom is 0.266 e. The average Bonchev–Trinajstić information content (AvgIpc) is 1.78. The van der Waals surface area contributed by atoms with Crippen LogP contribution < -0.4 is 32.1 Å². The van der Waals surface area contributed by atoms with Crippen molar-refractivity contribution < 1.29 is 111 Å². The number of hydrogen-bond donors (Lipinski definition) is 2. The molecule has 0 amide bonds. The van der Waals surface area contributed by atoms with Gasteiger partial charge in [-0.3, -0.25) is 18.4 Å². The number of halogens is 4. The largest absolute Gasteiger partial charge is 0.475 e. The molecule has 2 atom stereocenters. The van der Waals surface area contributed by atoms with Crippen LogP contribution in [-0.4, -0.2) is 80.4 Å². The first kappa shape index (κ1) is 79.3. The number of nitrogen functional groups attached to an aromatic ring is 2. The summed E-state index contributed by atoms with van der Waals surface area (Å²) in [6.45, 7) is 11.2. The van der Waals surface area contributed by atoms with Crippen LogP contribution in [0.25, 0.3) is 78.1 Å². The Bertz CT molecular complexity index is 4290. The van der Waals surface area contributed by atoms with Crippen molar-refractivity contribution >= 4 is 45.0 Å². The van der Waals surface area contributed by atoms with E-state index in [0.29, 0.717) is 78.9 Å². The Morgan fingerprint density at radius 2 is 0.835 bits per heavy atom. The number of hydrogen-bond acceptors (Lipinski definition) is 16. The number of benzene rings is 2.